The van der Waals surface area contributed by atoms with Gasteiger partial charge >= 0.3 is 0 Å². The fraction of sp³-hybridized carbons (Fsp3) is 0.0400. The number of aromatic nitrogens is 5. The maximum absolute atomic E-state index is 15.0. The number of fused-ring (bicyclic) bond motifs is 3. The molecule has 3 aromatic carbocycles. The summed E-state index contributed by atoms with van der Waals surface area (Å²) in [5.41, 5.74) is 2.70. The number of aryl methyl sites for hydroxylation is 1. The van der Waals surface area contributed by atoms with Crippen LogP contribution in [0, 0.1) is 24.4 Å². The molecular weight excluding hydrogens is 463 g/mol. The third kappa shape index (κ3) is 3.03. The molecule has 0 saturated heterocycles. The van der Waals surface area contributed by atoms with Crippen molar-refractivity contribution < 1.29 is 13.2 Å². The molecule has 0 spiro atoms. The SMILES string of the molecule is Cc1ccc(-c2c(-c3c(F)cc(F)cc3F)c(Cl)nc3ncnn23)c2cc3ccccc3nc12. The fourth-order valence-corrected chi connectivity index (χ4v) is 4.53. The van der Waals surface area contributed by atoms with E-state index in [1.165, 1.54) is 10.8 Å². The first-order chi connectivity index (χ1) is 16.4. The molecule has 0 saturated carbocycles. The molecule has 0 radical (unpaired) electrons. The third-order valence-corrected chi connectivity index (χ3v) is 6.06. The number of benzene rings is 3. The Labute approximate surface area is 195 Å². The maximum Gasteiger partial charge on any atom is 0.254 e. The van der Waals surface area contributed by atoms with E-state index in [-0.39, 0.29) is 22.2 Å². The Morgan fingerprint density at radius 2 is 1.65 bits per heavy atom. The number of halogens is 4. The van der Waals surface area contributed by atoms with E-state index in [4.69, 9.17) is 16.6 Å². The predicted molar refractivity (Wildman–Crippen MR) is 124 cm³/mol. The predicted octanol–water partition coefficient (Wildman–Crippen LogP) is 6.54. The number of nitrogens with zero attached hydrogens (tertiary/aromatic N) is 5. The van der Waals surface area contributed by atoms with Gasteiger partial charge < -0.3 is 0 Å². The van der Waals surface area contributed by atoms with Gasteiger partial charge in [0.25, 0.3) is 5.78 Å². The van der Waals surface area contributed by atoms with Crippen LogP contribution >= 0.6 is 11.6 Å². The Bertz CT molecular complexity index is 1760. The molecule has 0 N–H and O–H groups in total. The zero-order valence-electron chi connectivity index (χ0n) is 17.5. The summed E-state index contributed by atoms with van der Waals surface area (Å²) in [6, 6.07) is 14.5. The van der Waals surface area contributed by atoms with Crippen molar-refractivity contribution >= 4 is 39.2 Å². The van der Waals surface area contributed by atoms with E-state index >= 15 is 0 Å². The van der Waals surface area contributed by atoms with E-state index in [1.54, 1.807) is 0 Å². The molecule has 3 aromatic heterocycles. The second-order valence-electron chi connectivity index (χ2n) is 7.85. The van der Waals surface area contributed by atoms with Crippen LogP contribution in [-0.2, 0) is 0 Å². The highest BCUT2D eigenvalue weighted by Gasteiger charge is 2.26. The summed E-state index contributed by atoms with van der Waals surface area (Å²) < 4.78 is 45.0. The molecule has 3 heterocycles. The van der Waals surface area contributed by atoms with Crippen LogP contribution in [0.15, 0.2) is 60.9 Å². The van der Waals surface area contributed by atoms with Crippen LogP contribution in [0.1, 0.15) is 5.56 Å². The highest BCUT2D eigenvalue weighted by Crippen LogP contribution is 2.42. The van der Waals surface area contributed by atoms with E-state index in [2.05, 4.69) is 15.1 Å². The molecule has 5 nitrogen and oxygen atoms in total. The van der Waals surface area contributed by atoms with Crippen LogP contribution < -0.4 is 0 Å². The molecule has 0 amide bonds. The monoisotopic (exact) mass is 475 g/mol. The summed E-state index contributed by atoms with van der Waals surface area (Å²) in [6.45, 7) is 1.93. The molecule has 9 heteroatoms. The average Bonchev–Trinajstić information content (AvgIpc) is 3.26. The number of pyridine rings is 1. The van der Waals surface area contributed by atoms with Gasteiger partial charge in [-0.15, -0.1) is 0 Å². The van der Waals surface area contributed by atoms with Gasteiger partial charge in [0.2, 0.25) is 0 Å². The van der Waals surface area contributed by atoms with Gasteiger partial charge in [-0.05, 0) is 24.6 Å². The minimum absolute atomic E-state index is 0.0621. The summed E-state index contributed by atoms with van der Waals surface area (Å²) in [5.74, 6) is -3.11. The molecular formula is C25H13ClF3N5. The Kier molecular flexibility index (Phi) is 4.53. The van der Waals surface area contributed by atoms with Crippen LogP contribution in [0.25, 0.3) is 50.0 Å². The molecule has 0 fully saturated rings. The van der Waals surface area contributed by atoms with Crippen molar-refractivity contribution in [2.75, 3.05) is 0 Å². The number of para-hydroxylation sites is 1. The molecule has 0 aliphatic heterocycles. The minimum Gasteiger partial charge on any atom is -0.247 e. The number of hydrogen-bond donors (Lipinski definition) is 0. The quantitative estimate of drug-likeness (QED) is 0.211. The Balaban J connectivity index is 1.81. The Hall–Kier alpha value is -4.04. The van der Waals surface area contributed by atoms with Gasteiger partial charge in [0, 0.05) is 28.5 Å². The second kappa shape index (κ2) is 7.50. The van der Waals surface area contributed by atoms with E-state index in [0.717, 1.165) is 21.9 Å². The first kappa shape index (κ1) is 20.6. The molecule has 6 aromatic rings. The van der Waals surface area contributed by atoms with Gasteiger partial charge in [-0.2, -0.15) is 19.6 Å². The van der Waals surface area contributed by atoms with Crippen LogP contribution in [0.5, 0.6) is 0 Å². The largest absolute Gasteiger partial charge is 0.254 e. The van der Waals surface area contributed by atoms with Gasteiger partial charge in [-0.1, -0.05) is 41.9 Å². The molecule has 0 aliphatic carbocycles. The fourth-order valence-electron chi connectivity index (χ4n) is 4.27. The van der Waals surface area contributed by atoms with Crippen molar-refractivity contribution in [2.24, 2.45) is 0 Å². The lowest BCUT2D eigenvalue weighted by Gasteiger charge is -2.17. The average molecular weight is 476 g/mol. The van der Waals surface area contributed by atoms with Crippen molar-refractivity contribution in [1.82, 2.24) is 24.6 Å². The summed E-state index contributed by atoms with van der Waals surface area (Å²) in [6.07, 6.45) is 1.27. The molecule has 0 unspecified atom stereocenters. The molecule has 0 aliphatic rings. The molecule has 0 atom stereocenters. The van der Waals surface area contributed by atoms with E-state index in [1.807, 2.05) is 49.4 Å². The summed E-state index contributed by atoms with van der Waals surface area (Å²) in [4.78, 5) is 13.1. The summed E-state index contributed by atoms with van der Waals surface area (Å²) in [5, 5.41) is 5.65. The van der Waals surface area contributed by atoms with Gasteiger partial charge in [0.05, 0.1) is 27.9 Å². The molecule has 34 heavy (non-hydrogen) atoms. The summed E-state index contributed by atoms with van der Waals surface area (Å²) >= 11 is 6.48. The highest BCUT2D eigenvalue weighted by molar-refractivity contribution is 6.33. The van der Waals surface area contributed by atoms with Crippen LogP contribution in [0.4, 0.5) is 13.2 Å². The smallest absolute Gasteiger partial charge is 0.247 e. The lowest BCUT2D eigenvalue weighted by Crippen LogP contribution is -2.05. The molecule has 0 bridgehead atoms. The number of rotatable bonds is 2. The maximum atomic E-state index is 15.0. The van der Waals surface area contributed by atoms with E-state index in [9.17, 15) is 13.2 Å². The van der Waals surface area contributed by atoms with Gasteiger partial charge in [-0.25, -0.2) is 18.2 Å². The summed E-state index contributed by atoms with van der Waals surface area (Å²) in [7, 11) is 0. The lowest BCUT2D eigenvalue weighted by atomic mass is 9.95. The topological polar surface area (TPSA) is 56.0 Å². The number of hydrogen-bond acceptors (Lipinski definition) is 4. The first-order valence-corrected chi connectivity index (χ1v) is 10.6. The Morgan fingerprint density at radius 1 is 0.882 bits per heavy atom. The normalized spacial score (nSPS) is 11.7. The van der Waals surface area contributed by atoms with Crippen LogP contribution in [0.3, 0.4) is 0 Å². The van der Waals surface area contributed by atoms with Crippen LogP contribution in [-0.4, -0.2) is 24.6 Å². The van der Waals surface area contributed by atoms with E-state index in [0.29, 0.717) is 23.2 Å². The van der Waals surface area contributed by atoms with Crippen LogP contribution in [0.2, 0.25) is 5.15 Å². The van der Waals surface area contributed by atoms with E-state index < -0.39 is 23.0 Å². The van der Waals surface area contributed by atoms with Crippen molar-refractivity contribution in [3.05, 3.63) is 89.1 Å². The van der Waals surface area contributed by atoms with Gasteiger partial charge in [0.15, 0.2) is 0 Å². The molecule has 6 rings (SSSR count). The lowest BCUT2D eigenvalue weighted by molar-refractivity contribution is 0.548. The van der Waals surface area contributed by atoms with Gasteiger partial charge in [-0.3, -0.25) is 0 Å². The van der Waals surface area contributed by atoms with Crippen molar-refractivity contribution in [2.45, 2.75) is 6.92 Å². The zero-order chi connectivity index (χ0) is 23.6. The third-order valence-electron chi connectivity index (χ3n) is 5.78. The van der Waals surface area contributed by atoms with Crippen molar-refractivity contribution in [3.8, 4) is 22.4 Å². The first-order valence-electron chi connectivity index (χ1n) is 10.3. The van der Waals surface area contributed by atoms with Gasteiger partial charge in [0.1, 0.15) is 28.9 Å². The minimum atomic E-state index is -1.11. The molecule has 166 valence electrons. The second-order valence-corrected chi connectivity index (χ2v) is 8.21. The Morgan fingerprint density at radius 3 is 2.44 bits per heavy atom. The highest BCUT2D eigenvalue weighted by atomic mass is 35.5. The standard InChI is InChI=1S/C25H13ClF3N5/c1-12-6-7-15(16-8-13-4-2-3-5-19(13)32-22(12)16)23-21(20-17(28)9-14(27)10-18(20)29)24(26)33-25-30-11-31-34(23)25/h2-11H,1H3. The van der Waals surface area contributed by atoms with Crippen molar-refractivity contribution in [1.29, 1.82) is 0 Å². The van der Waals surface area contributed by atoms with Crippen molar-refractivity contribution in [3.63, 3.8) is 0 Å². The zero-order valence-corrected chi connectivity index (χ0v) is 18.3.